The lowest BCUT2D eigenvalue weighted by Crippen LogP contribution is -2.19. The molecule has 1 aromatic rings. The van der Waals surface area contributed by atoms with Gasteiger partial charge in [0.05, 0.1) is 5.56 Å². The van der Waals surface area contributed by atoms with E-state index in [0.29, 0.717) is 5.56 Å². The third-order valence-corrected chi connectivity index (χ3v) is 3.10. The van der Waals surface area contributed by atoms with Crippen LogP contribution in [0.25, 0.3) is 0 Å². The molecule has 0 saturated carbocycles. The predicted molar refractivity (Wildman–Crippen MR) is 75.3 cm³/mol. The second-order valence-corrected chi connectivity index (χ2v) is 4.88. The number of hydrogen-bond acceptors (Lipinski definition) is 3. The number of aliphatic hydroxyl groups is 1. The molecule has 106 valence electrons. The van der Waals surface area contributed by atoms with E-state index in [1.807, 2.05) is 12.1 Å². The first kappa shape index (κ1) is 15.7. The Balaban J connectivity index is 2.27. The van der Waals surface area contributed by atoms with Crippen molar-refractivity contribution < 1.29 is 15.0 Å². The Kier molecular flexibility index (Phi) is 7.15. The molecule has 0 aromatic heterocycles. The number of carboxylic acid groups (broad SMARTS) is 1. The summed E-state index contributed by atoms with van der Waals surface area (Å²) in [6.45, 7) is 2.14. The van der Waals surface area contributed by atoms with Crippen LogP contribution in [0, 0.1) is 0 Å². The van der Waals surface area contributed by atoms with E-state index < -0.39 is 5.97 Å². The molecule has 0 bridgehead atoms. The molecule has 1 rings (SSSR count). The van der Waals surface area contributed by atoms with Gasteiger partial charge >= 0.3 is 5.97 Å². The molecule has 0 atom stereocenters. The first-order valence-corrected chi connectivity index (χ1v) is 6.75. The van der Waals surface area contributed by atoms with E-state index in [-0.39, 0.29) is 6.61 Å². The SMILES string of the molecule is CN(CCCCCCO)Cc1ccc(C(=O)O)cc1. The van der Waals surface area contributed by atoms with Gasteiger partial charge in [-0.3, -0.25) is 0 Å². The minimum atomic E-state index is -0.885. The van der Waals surface area contributed by atoms with Gasteiger partial charge < -0.3 is 15.1 Å². The van der Waals surface area contributed by atoms with Crippen LogP contribution < -0.4 is 0 Å². The first-order chi connectivity index (χ1) is 9.13. The Hall–Kier alpha value is -1.39. The third-order valence-electron chi connectivity index (χ3n) is 3.10. The number of hydrogen-bond donors (Lipinski definition) is 2. The Morgan fingerprint density at radius 2 is 1.74 bits per heavy atom. The van der Waals surface area contributed by atoms with Crippen LogP contribution in [0.3, 0.4) is 0 Å². The van der Waals surface area contributed by atoms with Gasteiger partial charge in [0.15, 0.2) is 0 Å². The molecule has 0 heterocycles. The zero-order valence-corrected chi connectivity index (χ0v) is 11.5. The Bertz CT molecular complexity index is 375. The molecular formula is C15H23NO3. The van der Waals surface area contributed by atoms with Gasteiger partial charge in [-0.15, -0.1) is 0 Å². The summed E-state index contributed by atoms with van der Waals surface area (Å²) in [5.41, 5.74) is 1.46. The molecule has 4 nitrogen and oxygen atoms in total. The molecular weight excluding hydrogens is 242 g/mol. The maximum atomic E-state index is 10.7. The van der Waals surface area contributed by atoms with Crippen molar-refractivity contribution in [3.63, 3.8) is 0 Å². The van der Waals surface area contributed by atoms with Crippen molar-refractivity contribution in [3.05, 3.63) is 35.4 Å². The fraction of sp³-hybridized carbons (Fsp3) is 0.533. The van der Waals surface area contributed by atoms with Crippen LogP contribution in [0.2, 0.25) is 0 Å². The second-order valence-electron chi connectivity index (χ2n) is 4.88. The zero-order chi connectivity index (χ0) is 14.1. The predicted octanol–water partition coefficient (Wildman–Crippen LogP) is 2.37. The van der Waals surface area contributed by atoms with E-state index in [9.17, 15) is 4.79 Å². The Labute approximate surface area is 114 Å². The molecule has 0 saturated heterocycles. The molecule has 4 heteroatoms. The fourth-order valence-electron chi connectivity index (χ4n) is 1.99. The van der Waals surface area contributed by atoms with E-state index in [4.69, 9.17) is 10.2 Å². The number of benzene rings is 1. The van der Waals surface area contributed by atoms with Crippen molar-refractivity contribution in [3.8, 4) is 0 Å². The lowest BCUT2D eigenvalue weighted by Gasteiger charge is -2.16. The van der Waals surface area contributed by atoms with Crippen molar-refractivity contribution in [1.29, 1.82) is 0 Å². The van der Waals surface area contributed by atoms with Crippen LogP contribution in [0.4, 0.5) is 0 Å². The lowest BCUT2D eigenvalue weighted by molar-refractivity contribution is 0.0697. The van der Waals surface area contributed by atoms with Crippen molar-refractivity contribution in [1.82, 2.24) is 4.90 Å². The van der Waals surface area contributed by atoms with E-state index in [1.165, 1.54) is 0 Å². The van der Waals surface area contributed by atoms with Crippen molar-refractivity contribution >= 4 is 5.97 Å². The third kappa shape index (κ3) is 6.36. The molecule has 0 aliphatic carbocycles. The summed E-state index contributed by atoms with van der Waals surface area (Å²) < 4.78 is 0. The van der Waals surface area contributed by atoms with Crippen molar-refractivity contribution in [2.75, 3.05) is 20.2 Å². The van der Waals surface area contributed by atoms with Crippen LogP contribution in [0.1, 0.15) is 41.6 Å². The first-order valence-electron chi connectivity index (χ1n) is 6.75. The van der Waals surface area contributed by atoms with E-state index in [0.717, 1.165) is 44.3 Å². The number of unbranched alkanes of at least 4 members (excludes halogenated alkanes) is 3. The molecule has 0 amide bonds. The molecule has 19 heavy (non-hydrogen) atoms. The average molecular weight is 265 g/mol. The molecule has 0 radical (unpaired) electrons. The summed E-state index contributed by atoms with van der Waals surface area (Å²) in [7, 11) is 2.07. The van der Waals surface area contributed by atoms with Crippen LogP contribution in [-0.2, 0) is 6.54 Å². The van der Waals surface area contributed by atoms with E-state index in [2.05, 4.69) is 11.9 Å². The average Bonchev–Trinajstić information content (AvgIpc) is 2.39. The summed E-state index contributed by atoms with van der Waals surface area (Å²) in [5, 5.41) is 17.5. The van der Waals surface area contributed by atoms with Gasteiger partial charge in [-0.2, -0.15) is 0 Å². The van der Waals surface area contributed by atoms with Crippen LogP contribution in [0.15, 0.2) is 24.3 Å². The maximum absolute atomic E-state index is 10.7. The molecule has 0 spiro atoms. The van der Waals surface area contributed by atoms with Crippen LogP contribution >= 0.6 is 0 Å². The summed E-state index contributed by atoms with van der Waals surface area (Å²) in [6, 6.07) is 7.02. The smallest absolute Gasteiger partial charge is 0.335 e. The minimum Gasteiger partial charge on any atom is -0.478 e. The Morgan fingerprint density at radius 1 is 1.11 bits per heavy atom. The topological polar surface area (TPSA) is 60.8 Å². The van der Waals surface area contributed by atoms with Crippen molar-refractivity contribution in [2.24, 2.45) is 0 Å². The highest BCUT2D eigenvalue weighted by Gasteiger charge is 2.03. The molecule has 2 N–H and O–H groups in total. The highest BCUT2D eigenvalue weighted by Crippen LogP contribution is 2.08. The summed E-state index contributed by atoms with van der Waals surface area (Å²) in [6.07, 6.45) is 4.24. The summed E-state index contributed by atoms with van der Waals surface area (Å²) in [4.78, 5) is 13.0. The van der Waals surface area contributed by atoms with E-state index >= 15 is 0 Å². The number of aromatic carboxylic acids is 1. The van der Waals surface area contributed by atoms with Crippen LogP contribution in [-0.4, -0.2) is 41.3 Å². The molecule has 1 aromatic carbocycles. The van der Waals surface area contributed by atoms with Gasteiger partial charge in [-0.25, -0.2) is 4.79 Å². The van der Waals surface area contributed by atoms with Gasteiger partial charge in [0.25, 0.3) is 0 Å². The number of carbonyl (C=O) groups is 1. The number of carboxylic acids is 1. The van der Waals surface area contributed by atoms with Crippen molar-refractivity contribution in [2.45, 2.75) is 32.2 Å². The molecule has 0 aliphatic heterocycles. The molecule has 0 aliphatic rings. The number of aliphatic hydroxyl groups excluding tert-OH is 1. The van der Waals surface area contributed by atoms with E-state index in [1.54, 1.807) is 12.1 Å². The minimum absolute atomic E-state index is 0.283. The monoisotopic (exact) mass is 265 g/mol. The molecule has 0 fully saturated rings. The largest absolute Gasteiger partial charge is 0.478 e. The molecule has 0 unspecified atom stereocenters. The second kappa shape index (κ2) is 8.67. The number of rotatable bonds is 9. The quantitative estimate of drug-likeness (QED) is 0.673. The fourth-order valence-corrected chi connectivity index (χ4v) is 1.99. The Morgan fingerprint density at radius 3 is 2.32 bits per heavy atom. The number of nitrogens with zero attached hydrogens (tertiary/aromatic N) is 1. The van der Waals surface area contributed by atoms with Crippen LogP contribution in [0.5, 0.6) is 0 Å². The van der Waals surface area contributed by atoms with Gasteiger partial charge in [-0.05, 0) is 44.1 Å². The lowest BCUT2D eigenvalue weighted by atomic mass is 10.1. The standard InChI is InChI=1S/C15H23NO3/c1-16(10-4-2-3-5-11-17)12-13-6-8-14(9-7-13)15(18)19/h6-9,17H,2-5,10-12H2,1H3,(H,18,19). The maximum Gasteiger partial charge on any atom is 0.335 e. The highest BCUT2D eigenvalue weighted by atomic mass is 16.4. The van der Waals surface area contributed by atoms with Gasteiger partial charge in [-0.1, -0.05) is 25.0 Å². The normalized spacial score (nSPS) is 10.9. The van der Waals surface area contributed by atoms with Gasteiger partial charge in [0, 0.05) is 13.2 Å². The van der Waals surface area contributed by atoms with Gasteiger partial charge in [0.2, 0.25) is 0 Å². The summed E-state index contributed by atoms with van der Waals surface area (Å²) >= 11 is 0. The summed E-state index contributed by atoms with van der Waals surface area (Å²) in [5.74, 6) is -0.885. The zero-order valence-electron chi connectivity index (χ0n) is 11.5. The van der Waals surface area contributed by atoms with Gasteiger partial charge in [0.1, 0.15) is 0 Å². The highest BCUT2D eigenvalue weighted by molar-refractivity contribution is 5.87.